The number of cyclic esters (lactones) is 1. The van der Waals surface area contributed by atoms with Crippen molar-refractivity contribution in [3.05, 3.63) is 23.8 Å². The second-order valence-electron chi connectivity index (χ2n) is 23.9. The van der Waals surface area contributed by atoms with E-state index in [0.717, 1.165) is 0 Å². The van der Waals surface area contributed by atoms with Crippen molar-refractivity contribution in [1.82, 2.24) is 15.1 Å². The first-order chi connectivity index (χ1) is 32.3. The van der Waals surface area contributed by atoms with E-state index in [2.05, 4.69) is 5.32 Å². The molecule has 70 heavy (non-hydrogen) atoms. The quantitative estimate of drug-likeness (QED) is 0.0941. The Labute approximate surface area is 415 Å². The number of carbonyl (C=O) groups is 3. The van der Waals surface area contributed by atoms with E-state index in [1.54, 1.807) is 54.5 Å². The largest absolute Gasteiger partial charge is 0.459 e. The van der Waals surface area contributed by atoms with Crippen molar-refractivity contribution in [2.24, 2.45) is 46.3 Å². The van der Waals surface area contributed by atoms with Crippen LogP contribution in [0.15, 0.2) is 23.8 Å². The first kappa shape index (κ1) is 56.9. The highest BCUT2D eigenvalue weighted by Gasteiger charge is 2.75. The van der Waals surface area contributed by atoms with Gasteiger partial charge in [-0.05, 0) is 124 Å². The molecule has 2 aliphatic heterocycles. The predicted molar refractivity (Wildman–Crippen MR) is 259 cm³/mol. The molecule has 0 bridgehead atoms. The van der Waals surface area contributed by atoms with Crippen LogP contribution in [0, 0.1) is 46.3 Å². The Hall–Kier alpha value is -2.42. The topological polar surface area (TPSA) is 239 Å². The van der Waals surface area contributed by atoms with E-state index in [1.165, 1.54) is 19.9 Å². The van der Waals surface area contributed by atoms with Crippen LogP contribution in [0.3, 0.4) is 0 Å². The Morgan fingerprint density at radius 1 is 0.957 bits per heavy atom. The van der Waals surface area contributed by atoms with Crippen molar-refractivity contribution in [2.45, 2.75) is 211 Å². The fourth-order valence-electron chi connectivity index (χ4n) is 14.5. The molecule has 6 rings (SSSR count). The molecule has 0 aromatic rings. The Balaban J connectivity index is 1.23. The number of aliphatic hydroxyl groups excluding tert-OH is 4. The molecule has 4 aliphatic carbocycles. The van der Waals surface area contributed by atoms with Crippen LogP contribution < -0.4 is 5.32 Å². The van der Waals surface area contributed by atoms with E-state index in [9.17, 15) is 50.1 Å². The molecule has 400 valence electrons. The lowest BCUT2D eigenvalue weighted by atomic mass is 9.45. The fraction of sp³-hybridized carbons (Fsp3) is 0.868. The van der Waals surface area contributed by atoms with Gasteiger partial charge in [-0.3, -0.25) is 19.3 Å². The van der Waals surface area contributed by atoms with Crippen molar-refractivity contribution >= 4 is 17.7 Å². The van der Waals surface area contributed by atoms with Gasteiger partial charge in [0.05, 0.1) is 35.9 Å². The summed E-state index contributed by atoms with van der Waals surface area (Å²) in [4.78, 5) is 44.4. The SMILES string of the molecule is CC[C@H]1OC(=O)[C@H](C)[C@@H](O)[C@H](C)[C@@H](O[C@@H]2O[C@H](C)C[C@@H](N(C)C)[C@H]2O)[C@](C)(O)C[C@@H](C)CN(CCCNC(=O)[C@@]2(O)[C@H](C)CC3C4CC=C5CC(=O)C=C[C@]5(C)[C@@]4(F)[C@@H](O)C[C@@]32C)[C@H](C)[C@@H](O)[C@]1(C)O. The Kier molecular flexibility index (Phi) is 16.8. The number of amides is 1. The van der Waals surface area contributed by atoms with Crippen molar-refractivity contribution in [3.8, 4) is 0 Å². The summed E-state index contributed by atoms with van der Waals surface area (Å²) in [7, 11) is 3.70. The molecule has 8 N–H and O–H groups in total. The van der Waals surface area contributed by atoms with Crippen LogP contribution >= 0.6 is 0 Å². The van der Waals surface area contributed by atoms with Crippen LogP contribution in [0.25, 0.3) is 0 Å². The third kappa shape index (κ3) is 9.74. The van der Waals surface area contributed by atoms with Gasteiger partial charge < -0.3 is 60.2 Å². The number of aliphatic hydroxyl groups is 7. The maximum atomic E-state index is 17.8. The van der Waals surface area contributed by atoms with Gasteiger partial charge >= 0.3 is 5.97 Å². The molecule has 0 spiro atoms. The van der Waals surface area contributed by atoms with Gasteiger partial charge in [-0.2, -0.15) is 0 Å². The number of alkyl halides is 1. The molecular formula is C53H88FN3O13. The van der Waals surface area contributed by atoms with Crippen LogP contribution in [-0.2, 0) is 28.6 Å². The lowest BCUT2D eigenvalue weighted by Gasteiger charge is -2.61. The molecular weight excluding hydrogens is 906 g/mol. The Morgan fingerprint density at radius 2 is 1.61 bits per heavy atom. The third-order valence-corrected chi connectivity index (χ3v) is 18.7. The van der Waals surface area contributed by atoms with Gasteiger partial charge in [-0.25, -0.2) is 4.39 Å². The van der Waals surface area contributed by atoms with Gasteiger partial charge in [0.1, 0.15) is 23.9 Å². The Bertz CT molecular complexity index is 1970. The number of esters is 1. The number of rotatable bonds is 9. The van der Waals surface area contributed by atoms with Gasteiger partial charge in [-0.1, -0.05) is 52.3 Å². The number of carbonyl (C=O) groups excluding carboxylic acids is 3. The summed E-state index contributed by atoms with van der Waals surface area (Å²) in [6, 6.07) is -1.09. The first-order valence-corrected chi connectivity index (χ1v) is 26.0. The molecule has 0 radical (unpaired) electrons. The van der Waals surface area contributed by atoms with Gasteiger partial charge in [0.2, 0.25) is 0 Å². The maximum absolute atomic E-state index is 17.8. The van der Waals surface area contributed by atoms with Gasteiger partial charge in [0.15, 0.2) is 23.3 Å². The van der Waals surface area contributed by atoms with E-state index in [0.29, 0.717) is 24.8 Å². The molecule has 2 heterocycles. The number of nitrogens with zero attached hydrogens (tertiary/aromatic N) is 2. The minimum atomic E-state index is -2.11. The molecule has 22 atom stereocenters. The third-order valence-electron chi connectivity index (χ3n) is 18.7. The van der Waals surface area contributed by atoms with E-state index in [1.807, 2.05) is 43.8 Å². The van der Waals surface area contributed by atoms with E-state index >= 15 is 4.39 Å². The van der Waals surface area contributed by atoms with Crippen molar-refractivity contribution in [1.29, 1.82) is 0 Å². The summed E-state index contributed by atoms with van der Waals surface area (Å²) in [6.45, 7) is 19.3. The first-order valence-electron chi connectivity index (χ1n) is 26.0. The number of halogens is 1. The van der Waals surface area contributed by atoms with E-state index in [-0.39, 0.29) is 75.6 Å². The summed E-state index contributed by atoms with van der Waals surface area (Å²) in [5.74, 6) is -5.70. The number of hydrogen-bond acceptors (Lipinski definition) is 15. The lowest BCUT2D eigenvalue weighted by molar-refractivity contribution is -0.299. The monoisotopic (exact) mass is 994 g/mol. The number of ketones is 1. The molecule has 16 nitrogen and oxygen atoms in total. The zero-order chi connectivity index (χ0) is 52.4. The summed E-state index contributed by atoms with van der Waals surface area (Å²) >= 11 is 0. The van der Waals surface area contributed by atoms with Gasteiger partial charge in [0, 0.05) is 60.8 Å². The lowest BCUT2D eigenvalue weighted by Crippen LogP contribution is -2.69. The standard InChI is InChI=1S/C53H88FN3O13/c1-14-40-51(11,66)43(62)33(7)57(27-28(2)25-50(10,65)44(31(5)41(60)32(6)45(63)69-40)70-46-42(61)38(56(12)13)23-30(4)68-46)21-15-20-55-47(64)53(67)29(3)22-37-36-17-16-34-24-35(58)18-19-48(34,8)52(36,54)39(59)26-49(37,53)9/h16,18-19,28-33,36-44,46,59-62,65-67H,14-15,17,20-27H2,1-13H3,(H,55,64)/t28-,29-,30-,31+,32-,33-,36?,37?,38-,39+,40-,41+,42-,43-,44-,46+,48+,49+,50-,51-,52+,53+/m1/s1. The average Bonchev–Trinajstić information content (AvgIpc) is 3.48. The Morgan fingerprint density at radius 3 is 2.24 bits per heavy atom. The van der Waals surface area contributed by atoms with Crippen molar-refractivity contribution in [3.63, 3.8) is 0 Å². The minimum absolute atomic E-state index is 0.0873. The normalized spacial score (nSPS) is 49.7. The maximum Gasteiger partial charge on any atom is 0.311 e. The molecule has 2 saturated heterocycles. The highest BCUT2D eigenvalue weighted by molar-refractivity contribution is 5.93. The number of allylic oxidation sites excluding steroid dienone is 4. The van der Waals surface area contributed by atoms with Gasteiger partial charge in [0.25, 0.3) is 5.91 Å². The second-order valence-corrected chi connectivity index (χ2v) is 23.9. The average molecular weight is 994 g/mol. The second kappa shape index (κ2) is 20.7. The summed E-state index contributed by atoms with van der Waals surface area (Å²) in [5.41, 5.74) is -9.45. The van der Waals surface area contributed by atoms with E-state index < -0.39 is 124 Å². The van der Waals surface area contributed by atoms with Crippen LogP contribution in [-0.4, -0.2) is 181 Å². The summed E-state index contributed by atoms with van der Waals surface area (Å²) in [5, 5.41) is 87.2. The van der Waals surface area contributed by atoms with Crippen LogP contribution in [0.2, 0.25) is 0 Å². The van der Waals surface area contributed by atoms with Crippen molar-refractivity contribution in [2.75, 3.05) is 33.7 Å². The number of hydrogen-bond donors (Lipinski definition) is 8. The highest BCUT2D eigenvalue weighted by atomic mass is 19.1. The molecule has 17 heteroatoms. The molecule has 2 saturated carbocycles. The van der Waals surface area contributed by atoms with E-state index in [4.69, 9.17) is 14.2 Å². The number of nitrogens with one attached hydrogen (secondary N) is 1. The summed E-state index contributed by atoms with van der Waals surface area (Å²) < 4.78 is 36.4. The molecule has 0 aromatic carbocycles. The fourth-order valence-corrected chi connectivity index (χ4v) is 14.5. The zero-order valence-corrected chi connectivity index (χ0v) is 44.1. The van der Waals surface area contributed by atoms with Crippen LogP contribution in [0.4, 0.5) is 4.39 Å². The molecule has 0 aromatic heterocycles. The number of ether oxygens (including phenoxy) is 3. The highest BCUT2D eigenvalue weighted by Crippen LogP contribution is 2.70. The van der Waals surface area contributed by atoms with Crippen LogP contribution in [0.5, 0.6) is 0 Å². The molecule has 2 unspecified atom stereocenters. The smallest absolute Gasteiger partial charge is 0.311 e. The minimum Gasteiger partial charge on any atom is -0.459 e. The molecule has 6 aliphatic rings. The number of likely N-dealkylation sites (N-methyl/N-ethyl adjacent to an activating group) is 1. The van der Waals surface area contributed by atoms with Crippen molar-refractivity contribution < 1.29 is 68.7 Å². The molecule has 1 amide bonds. The zero-order valence-electron chi connectivity index (χ0n) is 44.1. The number of fused-ring (bicyclic) bond motifs is 5. The predicted octanol–water partition coefficient (Wildman–Crippen LogP) is 3.20. The molecule has 4 fully saturated rings. The van der Waals surface area contributed by atoms with Gasteiger partial charge in [-0.15, -0.1) is 0 Å². The summed E-state index contributed by atoms with van der Waals surface area (Å²) in [6.07, 6.45) is -2.81. The van der Waals surface area contributed by atoms with Crippen LogP contribution in [0.1, 0.15) is 128 Å².